The zero-order valence-corrected chi connectivity index (χ0v) is 34.3. The number of nitrogens with zero attached hydrogens (tertiary/aromatic N) is 4. The molecule has 0 radical (unpaired) electrons. The third kappa shape index (κ3) is 11.2. The predicted octanol–water partition coefficient (Wildman–Crippen LogP) is 11.6. The fourth-order valence-electron chi connectivity index (χ4n) is 5.06. The molecule has 16 heteroatoms. The van der Waals surface area contributed by atoms with Gasteiger partial charge in [-0.05, 0) is 58.9 Å². The first-order valence-corrected chi connectivity index (χ1v) is 16.5. The maximum Gasteiger partial charge on any atom is 2.00 e. The minimum atomic E-state index is -2.17. The molecule has 4 nitrogen and oxygen atoms in total. The van der Waals surface area contributed by atoms with Gasteiger partial charge in [0.25, 0.3) is 0 Å². The van der Waals surface area contributed by atoms with Crippen molar-refractivity contribution >= 4 is 0 Å². The molecule has 306 valence electrons. The number of halogens is 10. The molecule has 0 saturated heterocycles. The average Bonchev–Trinajstić information content (AvgIpc) is 3.27. The zero-order valence-electron chi connectivity index (χ0n) is 29.7. The minimum Gasteiger partial charge on any atom is -0.295 e. The van der Waals surface area contributed by atoms with Gasteiger partial charge in [0, 0.05) is 12.4 Å². The van der Waals surface area contributed by atoms with E-state index in [9.17, 15) is 43.9 Å². The van der Waals surface area contributed by atoms with E-state index in [2.05, 4.69) is 46.4 Å². The fourth-order valence-corrected chi connectivity index (χ4v) is 5.06. The number of pyridine rings is 4. The van der Waals surface area contributed by atoms with E-state index < -0.39 is 58.2 Å². The summed E-state index contributed by atoms with van der Waals surface area (Å²) in [5, 5.41) is 0. The fraction of sp³-hybridized carbons (Fsp3) is 0. The van der Waals surface area contributed by atoms with Gasteiger partial charge in [-0.15, -0.1) is 83.9 Å². The van der Waals surface area contributed by atoms with Crippen molar-refractivity contribution in [1.29, 1.82) is 0 Å². The monoisotopic (exact) mass is 1180 g/mol. The van der Waals surface area contributed by atoms with E-state index in [0.29, 0.717) is 0 Å². The molecule has 0 aliphatic carbocycles. The minimum absolute atomic E-state index is 0. The van der Waals surface area contributed by atoms with E-state index in [-0.39, 0.29) is 42.1 Å². The van der Waals surface area contributed by atoms with Crippen LogP contribution in [0.5, 0.6) is 0 Å². The van der Waals surface area contributed by atoms with Gasteiger partial charge in [0.15, 0.2) is 0 Å². The van der Waals surface area contributed by atoms with Crippen molar-refractivity contribution in [1.82, 2.24) is 19.9 Å². The molecule has 0 atom stereocenters. The maximum atomic E-state index is 12.0. The standard InChI is InChI=1S/C32H20N4.2C6F5.2Pt/c1-3-11-23(12-4-1)29-19-25(21-31(35-29)27-15-7-9-17-33-27)26-20-30(24-13-5-2-6-14-24)36-32(22-26)28-16-8-10-18-34-28;2*7-2-1-3(8)5(10)6(11)4(2)9;;/h1-11,13,15-22H;;;;/q-2;2*-1;2*+2. The first kappa shape index (κ1) is 46.8. The van der Waals surface area contributed by atoms with Crippen LogP contribution < -0.4 is 0 Å². The van der Waals surface area contributed by atoms with E-state index in [0.717, 1.165) is 68.6 Å². The predicted molar refractivity (Wildman–Crippen MR) is 193 cm³/mol. The van der Waals surface area contributed by atoms with Crippen LogP contribution in [0.15, 0.2) is 122 Å². The Kier molecular flexibility index (Phi) is 16.7. The summed E-state index contributed by atoms with van der Waals surface area (Å²) in [4.78, 5) is 19.0. The van der Waals surface area contributed by atoms with Crippen LogP contribution in [0.25, 0.3) is 56.4 Å². The summed E-state index contributed by atoms with van der Waals surface area (Å²) < 4.78 is 120. The van der Waals surface area contributed by atoms with Crippen LogP contribution in [0.2, 0.25) is 0 Å². The molecule has 4 aromatic carbocycles. The summed E-state index contributed by atoms with van der Waals surface area (Å²) in [6, 6.07) is 44.4. The van der Waals surface area contributed by atoms with E-state index in [1.165, 1.54) is 0 Å². The van der Waals surface area contributed by atoms with Gasteiger partial charge >= 0.3 is 42.1 Å². The van der Waals surface area contributed by atoms with Crippen molar-refractivity contribution in [2.24, 2.45) is 0 Å². The van der Waals surface area contributed by atoms with Crippen LogP contribution in [0, 0.1) is 82.4 Å². The second-order valence-corrected chi connectivity index (χ2v) is 11.6. The molecule has 0 amide bonds. The Morgan fingerprint density at radius 3 is 0.983 bits per heavy atom. The van der Waals surface area contributed by atoms with Crippen LogP contribution in [0.3, 0.4) is 0 Å². The first-order valence-electron chi connectivity index (χ1n) is 16.5. The van der Waals surface area contributed by atoms with Gasteiger partial charge in [-0.25, -0.2) is 26.3 Å². The van der Waals surface area contributed by atoms with Crippen LogP contribution in [0.1, 0.15) is 0 Å². The summed E-state index contributed by atoms with van der Waals surface area (Å²) in [6.07, 6.45) is 3.57. The molecule has 0 bridgehead atoms. The number of rotatable bonds is 5. The quantitative estimate of drug-likeness (QED) is 0.0746. The molecule has 0 N–H and O–H groups in total. The molecule has 60 heavy (non-hydrogen) atoms. The van der Waals surface area contributed by atoms with Gasteiger partial charge in [0.2, 0.25) is 0 Å². The number of benzene rings is 4. The maximum absolute atomic E-state index is 12.0. The molecule has 8 rings (SSSR count). The summed E-state index contributed by atoms with van der Waals surface area (Å²) in [6.45, 7) is 0. The zero-order chi connectivity index (χ0) is 41.3. The second kappa shape index (κ2) is 21.4. The topological polar surface area (TPSA) is 51.6 Å². The van der Waals surface area contributed by atoms with Crippen LogP contribution in [0.4, 0.5) is 43.9 Å². The van der Waals surface area contributed by atoms with Crippen molar-refractivity contribution in [3.8, 4) is 56.4 Å². The molecule has 0 fully saturated rings. The summed E-state index contributed by atoms with van der Waals surface area (Å²) >= 11 is 0. The molecular formula is C44H20F10N4Pt2. The Hall–Kier alpha value is -5.84. The molecule has 4 aromatic heterocycles. The molecule has 0 unspecified atom stereocenters. The number of aromatic nitrogens is 4. The van der Waals surface area contributed by atoms with E-state index in [4.69, 9.17) is 9.97 Å². The van der Waals surface area contributed by atoms with Crippen molar-refractivity contribution in [3.05, 3.63) is 204 Å². The van der Waals surface area contributed by atoms with E-state index >= 15 is 0 Å². The average molecular weight is 1180 g/mol. The van der Waals surface area contributed by atoms with Gasteiger partial charge in [0.1, 0.15) is 0 Å². The first-order chi connectivity index (χ1) is 27.9. The Bertz CT molecular complexity index is 2330. The molecular weight excluding hydrogens is 1160 g/mol. The molecule has 0 aliphatic heterocycles. The Morgan fingerprint density at radius 1 is 0.350 bits per heavy atom. The summed E-state index contributed by atoms with van der Waals surface area (Å²) in [7, 11) is 0. The van der Waals surface area contributed by atoms with Crippen molar-refractivity contribution < 1.29 is 86.0 Å². The Balaban J connectivity index is 0.000000272. The molecule has 0 saturated carbocycles. The van der Waals surface area contributed by atoms with Crippen molar-refractivity contribution in [2.75, 3.05) is 0 Å². The van der Waals surface area contributed by atoms with Gasteiger partial charge in [-0.1, -0.05) is 24.3 Å². The molecule has 0 spiro atoms. The van der Waals surface area contributed by atoms with Gasteiger partial charge in [-0.3, -0.25) is 37.5 Å². The van der Waals surface area contributed by atoms with Crippen LogP contribution in [-0.4, -0.2) is 19.9 Å². The number of hydrogen-bond acceptors (Lipinski definition) is 4. The van der Waals surface area contributed by atoms with Gasteiger partial charge in [-0.2, -0.15) is 0 Å². The van der Waals surface area contributed by atoms with Gasteiger partial charge in [0.05, 0.1) is 80.9 Å². The Labute approximate surface area is 364 Å². The summed E-state index contributed by atoms with van der Waals surface area (Å²) in [5.41, 5.74) is 8.74. The SMILES string of the molecule is Fc1[c-]c(F)c(F)c(F)c1F.Fc1[c-]c(F)c(F)c(F)c1F.[Pt+2].[Pt+2].[c-]1ccccc1-c1cc(-c2cc(-c3[c-]cccc3)nc(-c3ccccn3)c2)cc(-c2ccccn2)n1. The third-order valence-corrected chi connectivity index (χ3v) is 7.79. The van der Waals surface area contributed by atoms with Crippen LogP contribution in [-0.2, 0) is 42.1 Å². The normalized spacial score (nSPS) is 10.2. The number of hydrogen-bond donors (Lipinski definition) is 0. The second-order valence-electron chi connectivity index (χ2n) is 11.6. The largest absolute Gasteiger partial charge is 2.00 e. The van der Waals surface area contributed by atoms with Gasteiger partial charge < -0.3 is 0 Å². The van der Waals surface area contributed by atoms with E-state index in [1.54, 1.807) is 12.4 Å². The molecule has 0 aliphatic rings. The molecule has 4 heterocycles. The molecule has 8 aromatic rings. The smallest absolute Gasteiger partial charge is 0.295 e. The van der Waals surface area contributed by atoms with Crippen molar-refractivity contribution in [3.63, 3.8) is 0 Å². The Morgan fingerprint density at radius 2 is 0.683 bits per heavy atom. The van der Waals surface area contributed by atoms with E-state index in [1.807, 2.05) is 84.9 Å². The summed E-state index contributed by atoms with van der Waals surface area (Å²) in [5.74, 6) is -20.1. The third-order valence-electron chi connectivity index (χ3n) is 7.79. The van der Waals surface area contributed by atoms with Crippen molar-refractivity contribution in [2.45, 2.75) is 0 Å². The van der Waals surface area contributed by atoms with Crippen LogP contribution >= 0.6 is 0 Å².